The number of aliphatic hydroxyl groups excluding tert-OH is 2. The summed E-state index contributed by atoms with van der Waals surface area (Å²) in [6, 6.07) is 20.2. The van der Waals surface area contributed by atoms with Crippen LogP contribution in [-0.4, -0.2) is 50.8 Å². The molecule has 0 radical (unpaired) electrons. The average Bonchev–Trinajstić information content (AvgIpc) is 3.67. The first-order valence-corrected chi connectivity index (χ1v) is 14.4. The number of ether oxygens (including phenoxy) is 2. The molecule has 0 spiro atoms. The maximum atomic E-state index is 13.1. The van der Waals surface area contributed by atoms with Gasteiger partial charge in [0.1, 0.15) is 11.4 Å². The summed E-state index contributed by atoms with van der Waals surface area (Å²) in [4.78, 5) is 16.5. The highest BCUT2D eigenvalue weighted by molar-refractivity contribution is 6.04. The molecular formula is C33H35N3O5. The van der Waals surface area contributed by atoms with Gasteiger partial charge in [-0.2, -0.15) is 5.10 Å². The summed E-state index contributed by atoms with van der Waals surface area (Å²) < 4.78 is 13.5. The maximum absolute atomic E-state index is 13.1. The van der Waals surface area contributed by atoms with E-state index < -0.39 is 0 Å². The first-order chi connectivity index (χ1) is 20.1. The van der Waals surface area contributed by atoms with Gasteiger partial charge in [0.2, 0.25) is 0 Å². The van der Waals surface area contributed by atoms with E-state index >= 15 is 0 Å². The molecule has 1 saturated carbocycles. The number of aromatic nitrogens is 3. The number of benzene rings is 3. The highest BCUT2D eigenvalue weighted by atomic mass is 16.5. The van der Waals surface area contributed by atoms with Crippen molar-refractivity contribution in [3.05, 3.63) is 83.3 Å². The number of nitrogens with zero attached hydrogens (tertiary/aromatic N) is 2. The van der Waals surface area contributed by atoms with Crippen molar-refractivity contribution in [2.24, 2.45) is 0 Å². The molecule has 8 nitrogen and oxygen atoms in total. The SMILES string of the molecule is CCOC(=O)c1[nH]c2c(-c3c(CO)nn(CCO)c3C3CC3)cccc2c1CCCOc1cccc2ccccc12. The molecule has 0 amide bonds. The van der Waals surface area contributed by atoms with Gasteiger partial charge in [-0.25, -0.2) is 4.79 Å². The van der Waals surface area contributed by atoms with Crippen LogP contribution < -0.4 is 4.74 Å². The van der Waals surface area contributed by atoms with Crippen molar-refractivity contribution in [3.8, 4) is 16.9 Å². The van der Waals surface area contributed by atoms with Crippen LogP contribution in [-0.2, 0) is 24.3 Å². The van der Waals surface area contributed by atoms with E-state index in [9.17, 15) is 15.0 Å². The van der Waals surface area contributed by atoms with E-state index in [1.165, 1.54) is 0 Å². The fraction of sp³-hybridized carbons (Fsp3) is 0.333. The van der Waals surface area contributed by atoms with Gasteiger partial charge >= 0.3 is 5.97 Å². The van der Waals surface area contributed by atoms with Crippen molar-refractivity contribution >= 4 is 27.6 Å². The first kappa shape index (κ1) is 27.1. The Morgan fingerprint density at radius 3 is 2.61 bits per heavy atom. The molecule has 0 atom stereocenters. The lowest BCUT2D eigenvalue weighted by atomic mass is 9.97. The number of hydrogen-bond acceptors (Lipinski definition) is 6. The quantitative estimate of drug-likeness (QED) is 0.134. The van der Waals surface area contributed by atoms with Crippen molar-refractivity contribution in [2.45, 2.75) is 51.7 Å². The number of aromatic amines is 1. The van der Waals surface area contributed by atoms with Crippen molar-refractivity contribution in [2.75, 3.05) is 19.8 Å². The van der Waals surface area contributed by atoms with E-state index in [1.54, 1.807) is 6.92 Å². The zero-order valence-electron chi connectivity index (χ0n) is 23.2. The number of carbonyl (C=O) groups excluding carboxylic acids is 1. The minimum atomic E-state index is -0.389. The van der Waals surface area contributed by atoms with Crippen molar-refractivity contribution in [3.63, 3.8) is 0 Å². The molecule has 0 aliphatic heterocycles. The molecule has 1 aliphatic rings. The predicted octanol–water partition coefficient (Wildman–Crippen LogP) is 5.73. The Morgan fingerprint density at radius 1 is 1.05 bits per heavy atom. The third-order valence-corrected chi connectivity index (χ3v) is 7.76. The summed E-state index contributed by atoms with van der Waals surface area (Å²) in [7, 11) is 0. The topological polar surface area (TPSA) is 110 Å². The summed E-state index contributed by atoms with van der Waals surface area (Å²) >= 11 is 0. The van der Waals surface area contributed by atoms with Crippen LogP contribution in [0.2, 0.25) is 0 Å². The third kappa shape index (κ3) is 5.21. The fourth-order valence-electron chi connectivity index (χ4n) is 5.84. The molecule has 1 fully saturated rings. The third-order valence-electron chi connectivity index (χ3n) is 7.76. The Morgan fingerprint density at radius 2 is 1.83 bits per heavy atom. The predicted molar refractivity (Wildman–Crippen MR) is 158 cm³/mol. The number of aliphatic hydroxyl groups is 2. The lowest BCUT2D eigenvalue weighted by Crippen LogP contribution is -2.09. The smallest absolute Gasteiger partial charge is 0.355 e. The van der Waals surface area contributed by atoms with E-state index in [-0.39, 0.29) is 25.8 Å². The lowest BCUT2D eigenvalue weighted by molar-refractivity contribution is 0.0519. The molecule has 3 N–H and O–H groups in total. The van der Waals surface area contributed by atoms with Gasteiger partial charge in [-0.1, -0.05) is 54.6 Å². The molecule has 1 aliphatic carbocycles. The number of hydrogen-bond donors (Lipinski definition) is 3. The Hall–Kier alpha value is -4.14. The second-order valence-electron chi connectivity index (χ2n) is 10.4. The average molecular weight is 554 g/mol. The first-order valence-electron chi connectivity index (χ1n) is 14.4. The van der Waals surface area contributed by atoms with E-state index in [0.717, 1.165) is 62.7 Å². The normalized spacial score (nSPS) is 13.2. The van der Waals surface area contributed by atoms with Crippen LogP contribution in [0, 0.1) is 0 Å². The summed E-state index contributed by atoms with van der Waals surface area (Å²) in [6.45, 7) is 2.70. The molecule has 0 bridgehead atoms. The zero-order valence-corrected chi connectivity index (χ0v) is 23.2. The zero-order chi connectivity index (χ0) is 28.3. The van der Waals surface area contributed by atoms with Gasteiger partial charge in [0.05, 0.1) is 44.2 Å². The summed E-state index contributed by atoms with van der Waals surface area (Å²) in [5, 5.41) is 27.7. The molecule has 2 heterocycles. The number of para-hydroxylation sites is 1. The number of rotatable bonds is 12. The number of esters is 1. The summed E-state index contributed by atoms with van der Waals surface area (Å²) in [6.07, 6.45) is 3.42. The van der Waals surface area contributed by atoms with Crippen LogP contribution in [0.3, 0.4) is 0 Å². The van der Waals surface area contributed by atoms with E-state index in [1.807, 2.05) is 47.1 Å². The Balaban J connectivity index is 1.35. The largest absolute Gasteiger partial charge is 0.493 e. The molecule has 3 aromatic carbocycles. The summed E-state index contributed by atoms with van der Waals surface area (Å²) in [5.41, 5.74) is 5.54. The van der Waals surface area contributed by atoms with Crippen molar-refractivity contribution in [1.29, 1.82) is 0 Å². The van der Waals surface area contributed by atoms with Crippen LogP contribution in [0.1, 0.15) is 59.5 Å². The summed E-state index contributed by atoms with van der Waals surface area (Å²) in [5.74, 6) is 0.795. The highest BCUT2D eigenvalue weighted by Gasteiger charge is 2.34. The molecule has 6 rings (SSSR count). The van der Waals surface area contributed by atoms with Crippen LogP contribution in [0.4, 0.5) is 0 Å². The molecule has 0 saturated heterocycles. The van der Waals surface area contributed by atoms with Crippen molar-refractivity contribution < 1.29 is 24.5 Å². The molecular weight excluding hydrogens is 518 g/mol. The van der Waals surface area contributed by atoms with E-state index in [0.29, 0.717) is 43.3 Å². The van der Waals surface area contributed by atoms with Gasteiger partial charge in [0, 0.05) is 33.5 Å². The molecule has 8 heteroatoms. The number of carbonyl (C=O) groups is 1. The van der Waals surface area contributed by atoms with E-state index in [4.69, 9.17) is 9.47 Å². The maximum Gasteiger partial charge on any atom is 0.355 e. The van der Waals surface area contributed by atoms with Crippen LogP contribution >= 0.6 is 0 Å². The van der Waals surface area contributed by atoms with Crippen LogP contribution in [0.15, 0.2) is 60.7 Å². The second kappa shape index (κ2) is 11.8. The van der Waals surface area contributed by atoms with Gasteiger partial charge in [-0.15, -0.1) is 0 Å². The molecule has 212 valence electrons. The van der Waals surface area contributed by atoms with Gasteiger partial charge in [0.15, 0.2) is 0 Å². The Bertz CT molecular complexity index is 1690. The minimum absolute atomic E-state index is 0.0313. The van der Waals surface area contributed by atoms with Gasteiger partial charge in [-0.05, 0) is 49.6 Å². The molecule has 0 unspecified atom stereocenters. The standard InChI is InChI=1S/C33H35N3O5/c1-2-40-33(39)31-25(13-7-19-41-28-14-5-9-21-8-3-4-10-23(21)28)24-11-6-12-26(30(24)34-31)29-27(20-38)35-36(17-18-37)32(29)22-15-16-22/h3-6,8-12,14,22,34,37-38H,2,7,13,15-20H2,1H3. The molecule has 41 heavy (non-hydrogen) atoms. The Kier molecular flexibility index (Phi) is 7.76. The van der Waals surface area contributed by atoms with Gasteiger partial charge in [0.25, 0.3) is 0 Å². The minimum Gasteiger partial charge on any atom is -0.493 e. The Labute approximate surface area is 238 Å². The van der Waals surface area contributed by atoms with Gasteiger partial charge in [-0.3, -0.25) is 4.68 Å². The van der Waals surface area contributed by atoms with E-state index in [2.05, 4.69) is 28.3 Å². The lowest BCUT2D eigenvalue weighted by Gasteiger charge is -2.10. The van der Waals surface area contributed by atoms with Crippen LogP contribution in [0.25, 0.3) is 32.8 Å². The van der Waals surface area contributed by atoms with Crippen molar-refractivity contribution in [1.82, 2.24) is 14.8 Å². The number of H-pyrrole nitrogens is 1. The number of fused-ring (bicyclic) bond motifs is 2. The second-order valence-corrected chi connectivity index (χ2v) is 10.4. The number of nitrogens with one attached hydrogen (secondary N) is 1. The van der Waals surface area contributed by atoms with Gasteiger partial charge < -0.3 is 24.7 Å². The van der Waals surface area contributed by atoms with Crippen LogP contribution in [0.5, 0.6) is 5.75 Å². The fourth-order valence-corrected chi connectivity index (χ4v) is 5.84. The molecule has 2 aromatic heterocycles. The highest BCUT2D eigenvalue weighted by Crippen LogP contribution is 2.47. The molecule has 5 aromatic rings. The monoisotopic (exact) mass is 553 g/mol. The number of aryl methyl sites for hydroxylation is 1.